The van der Waals surface area contributed by atoms with Crippen molar-refractivity contribution in [1.29, 1.82) is 0 Å². The van der Waals surface area contributed by atoms with Crippen LogP contribution < -0.4 is 0 Å². The van der Waals surface area contributed by atoms with E-state index in [0.29, 0.717) is 25.7 Å². The summed E-state index contributed by atoms with van der Waals surface area (Å²) in [5.41, 5.74) is 10.7. The van der Waals surface area contributed by atoms with Gasteiger partial charge in [0, 0.05) is 48.7 Å². The number of phenols is 4. The number of phenolic OH excluding ortho intramolecular Hbond substituents is 4. The molecule has 0 heterocycles. The van der Waals surface area contributed by atoms with E-state index in [2.05, 4.69) is 76.2 Å². The number of hydrogen-bond acceptors (Lipinski definition) is 8. The Morgan fingerprint density at radius 1 is 0.354 bits per heavy atom. The highest BCUT2D eigenvalue weighted by atomic mass is 32.2. The molecule has 4 aromatic carbocycles. The molecule has 8 heteroatoms. The zero-order valence-corrected chi connectivity index (χ0v) is 31.8. The van der Waals surface area contributed by atoms with E-state index in [4.69, 9.17) is 0 Å². The summed E-state index contributed by atoms with van der Waals surface area (Å²) in [6.07, 6.45) is 1.51. The maximum atomic E-state index is 11.8. The third kappa shape index (κ3) is 8.98. The van der Waals surface area contributed by atoms with Crippen LogP contribution in [-0.2, 0) is 48.7 Å². The minimum absolute atomic E-state index is 0.219. The van der Waals surface area contributed by atoms with Crippen molar-refractivity contribution in [1.82, 2.24) is 0 Å². The van der Waals surface area contributed by atoms with E-state index < -0.39 is 0 Å². The fourth-order valence-corrected chi connectivity index (χ4v) is 8.87. The van der Waals surface area contributed by atoms with Gasteiger partial charge in [0.05, 0.1) is 0 Å². The molecule has 0 fully saturated rings. The van der Waals surface area contributed by atoms with Gasteiger partial charge in [0.15, 0.2) is 0 Å². The van der Waals surface area contributed by atoms with Crippen LogP contribution in [-0.4, -0.2) is 43.4 Å². The third-order valence-corrected chi connectivity index (χ3v) is 12.5. The fourth-order valence-electron chi connectivity index (χ4n) is 6.44. The summed E-state index contributed by atoms with van der Waals surface area (Å²) in [6.45, 7) is 8.59. The van der Waals surface area contributed by atoms with Gasteiger partial charge in [-0.25, -0.2) is 0 Å². The Balaban J connectivity index is 1.76. The number of aromatic hydroxyl groups is 4. The van der Waals surface area contributed by atoms with Gasteiger partial charge in [-0.1, -0.05) is 76.2 Å². The Labute approximate surface area is 303 Å². The lowest BCUT2D eigenvalue weighted by Crippen LogP contribution is -2.04. The highest BCUT2D eigenvalue weighted by molar-refractivity contribution is 7.99. The Hall–Kier alpha value is -2.52. The van der Waals surface area contributed by atoms with Crippen LogP contribution in [0.5, 0.6) is 23.0 Å². The van der Waals surface area contributed by atoms with Crippen LogP contribution in [0, 0.1) is 0 Å². The minimum atomic E-state index is 0.219. The Bertz CT molecular complexity index is 1390. The van der Waals surface area contributed by atoms with E-state index in [0.717, 1.165) is 113 Å². The average Bonchev–Trinajstić information content (AvgIpc) is 3.07. The normalized spacial score (nSPS) is 12.8. The molecule has 0 amide bonds. The Morgan fingerprint density at radius 3 is 0.667 bits per heavy atom. The molecule has 1 aliphatic carbocycles. The molecule has 4 N–H and O–H groups in total. The lowest BCUT2D eigenvalue weighted by molar-refractivity contribution is 0.450. The van der Waals surface area contributed by atoms with Gasteiger partial charge in [0.1, 0.15) is 23.0 Å². The maximum absolute atomic E-state index is 11.8. The molecule has 1 aliphatic rings. The van der Waals surface area contributed by atoms with Crippen LogP contribution in [0.1, 0.15) is 94.5 Å². The number of hydrogen-bond donors (Lipinski definition) is 4. The molecule has 0 radical (unpaired) electrons. The van der Waals surface area contributed by atoms with Gasteiger partial charge in [-0.2, -0.15) is 47.0 Å². The molecule has 48 heavy (non-hydrogen) atoms. The van der Waals surface area contributed by atoms with Gasteiger partial charge < -0.3 is 20.4 Å². The first-order valence-electron chi connectivity index (χ1n) is 16.9. The van der Waals surface area contributed by atoms with Crippen molar-refractivity contribution >= 4 is 47.0 Å². The Morgan fingerprint density at radius 2 is 0.521 bits per heavy atom. The van der Waals surface area contributed by atoms with E-state index in [-0.39, 0.29) is 23.0 Å². The van der Waals surface area contributed by atoms with Crippen molar-refractivity contribution in [3.8, 4) is 23.0 Å². The molecule has 0 aromatic heterocycles. The molecule has 0 spiro atoms. The first-order chi connectivity index (χ1) is 23.2. The molecule has 0 aliphatic heterocycles. The lowest BCUT2D eigenvalue weighted by atomic mass is 9.89. The van der Waals surface area contributed by atoms with E-state index >= 15 is 0 Å². The van der Waals surface area contributed by atoms with Crippen molar-refractivity contribution in [2.75, 3.05) is 23.0 Å². The topological polar surface area (TPSA) is 80.9 Å². The monoisotopic (exact) mass is 720 g/mol. The number of benzene rings is 4. The summed E-state index contributed by atoms with van der Waals surface area (Å²) in [7, 11) is 0. The smallest absolute Gasteiger partial charge is 0.122 e. The van der Waals surface area contributed by atoms with Crippen molar-refractivity contribution in [3.63, 3.8) is 0 Å². The van der Waals surface area contributed by atoms with Gasteiger partial charge in [-0.05, 0) is 89.8 Å². The standard InChI is InChI=1S/C40H48O4S4/c1-5-45-21-25-9-29-17-31-11-26(22-46-6-2)13-33(38(31)42)19-35-15-28(24-48-8-4)16-36(40(35)44)20-34-14-27(23-47-7-3)12-32(39(34)43)18-30(10-25)37(29)41/h9-16,41-44H,5-8,17-24H2,1-4H3. The van der Waals surface area contributed by atoms with Crippen molar-refractivity contribution in [2.24, 2.45) is 0 Å². The SMILES string of the molecule is CCSCc1cc2c(O)c(c1)Cc1cc(CSCC)cc(c1O)Cc1cc(CSCC)cc(c1O)Cc1cc(CSCC)cc(c1O)C2. The molecule has 4 nitrogen and oxygen atoms in total. The predicted molar refractivity (Wildman–Crippen MR) is 211 cm³/mol. The second-order valence-corrected chi connectivity index (χ2v) is 17.4. The van der Waals surface area contributed by atoms with Crippen molar-refractivity contribution < 1.29 is 20.4 Å². The summed E-state index contributed by atoms with van der Waals surface area (Å²) in [4.78, 5) is 0. The van der Waals surface area contributed by atoms with Crippen LogP contribution in [0.2, 0.25) is 0 Å². The molecule has 0 unspecified atom stereocenters. The minimum Gasteiger partial charge on any atom is -0.507 e. The first-order valence-corrected chi connectivity index (χ1v) is 21.5. The van der Waals surface area contributed by atoms with Crippen LogP contribution >= 0.6 is 47.0 Å². The molecular weight excluding hydrogens is 673 g/mol. The molecule has 0 atom stereocenters. The quantitative estimate of drug-likeness (QED) is 0.101. The summed E-state index contributed by atoms with van der Waals surface area (Å²) in [5.74, 6) is 8.09. The second-order valence-electron chi connectivity index (χ2n) is 12.3. The molecule has 8 bridgehead atoms. The lowest BCUT2D eigenvalue weighted by Gasteiger charge is -2.20. The van der Waals surface area contributed by atoms with Gasteiger partial charge in [0.25, 0.3) is 0 Å². The molecule has 4 aromatic rings. The second kappa shape index (κ2) is 17.4. The molecule has 0 saturated heterocycles. The summed E-state index contributed by atoms with van der Waals surface area (Å²) < 4.78 is 0. The highest BCUT2D eigenvalue weighted by Gasteiger charge is 2.22. The van der Waals surface area contributed by atoms with Crippen LogP contribution in [0.4, 0.5) is 0 Å². The van der Waals surface area contributed by atoms with E-state index in [9.17, 15) is 20.4 Å². The third-order valence-electron chi connectivity index (χ3n) is 8.73. The van der Waals surface area contributed by atoms with Crippen molar-refractivity contribution in [2.45, 2.75) is 76.4 Å². The summed E-state index contributed by atoms with van der Waals surface area (Å²) in [6, 6.07) is 16.6. The Kier molecular flexibility index (Phi) is 13.3. The van der Waals surface area contributed by atoms with Gasteiger partial charge in [0.2, 0.25) is 0 Å². The summed E-state index contributed by atoms with van der Waals surface area (Å²) in [5, 5.41) is 47.2. The zero-order valence-electron chi connectivity index (χ0n) is 28.5. The molecule has 5 rings (SSSR count). The number of fused-ring (bicyclic) bond motifs is 8. The average molecular weight is 721 g/mol. The highest BCUT2D eigenvalue weighted by Crippen LogP contribution is 2.40. The van der Waals surface area contributed by atoms with Crippen LogP contribution in [0.15, 0.2) is 48.5 Å². The van der Waals surface area contributed by atoms with Crippen LogP contribution in [0.3, 0.4) is 0 Å². The molecule has 0 saturated carbocycles. The zero-order chi connectivity index (χ0) is 34.2. The first kappa shape index (κ1) is 36.8. The maximum Gasteiger partial charge on any atom is 0.122 e. The predicted octanol–water partition coefficient (Wildman–Crippen LogP) is 10.2. The number of thioether (sulfide) groups is 4. The van der Waals surface area contributed by atoms with Gasteiger partial charge >= 0.3 is 0 Å². The van der Waals surface area contributed by atoms with Gasteiger partial charge in [-0.15, -0.1) is 0 Å². The van der Waals surface area contributed by atoms with Crippen LogP contribution in [0.25, 0.3) is 0 Å². The summed E-state index contributed by atoms with van der Waals surface area (Å²) >= 11 is 7.34. The van der Waals surface area contributed by atoms with Crippen molar-refractivity contribution in [3.05, 3.63) is 115 Å². The van der Waals surface area contributed by atoms with E-state index in [1.165, 1.54) is 0 Å². The largest absolute Gasteiger partial charge is 0.507 e. The fraction of sp³-hybridized carbons (Fsp3) is 0.400. The molecule has 256 valence electrons. The number of rotatable bonds is 12. The van der Waals surface area contributed by atoms with E-state index in [1.807, 2.05) is 47.0 Å². The van der Waals surface area contributed by atoms with Gasteiger partial charge in [-0.3, -0.25) is 0 Å². The molecular formula is C40H48O4S4. The van der Waals surface area contributed by atoms with E-state index in [1.54, 1.807) is 0 Å².